The van der Waals surface area contributed by atoms with Gasteiger partial charge in [-0.2, -0.15) is 0 Å². The minimum absolute atomic E-state index is 0.101. The summed E-state index contributed by atoms with van der Waals surface area (Å²) in [4.78, 5) is 33.2. The SMILES string of the molecule is CCNC(=NCc1ccccc1CN1CCCC1=O)N1CCCC(C(=O)OCC)C1. The maximum Gasteiger partial charge on any atom is 0.310 e. The van der Waals surface area contributed by atoms with Crippen molar-refractivity contribution < 1.29 is 14.3 Å². The van der Waals surface area contributed by atoms with Gasteiger partial charge in [-0.05, 0) is 44.2 Å². The number of guanidine groups is 1. The number of benzene rings is 1. The van der Waals surface area contributed by atoms with Gasteiger partial charge in [-0.1, -0.05) is 24.3 Å². The molecule has 1 N–H and O–H groups in total. The number of esters is 1. The zero-order valence-electron chi connectivity index (χ0n) is 18.2. The second-order valence-electron chi connectivity index (χ2n) is 7.89. The first-order valence-electron chi connectivity index (χ1n) is 11.2. The van der Waals surface area contributed by atoms with E-state index in [2.05, 4.69) is 29.3 Å². The van der Waals surface area contributed by atoms with Crippen molar-refractivity contribution in [3.63, 3.8) is 0 Å². The van der Waals surface area contributed by atoms with Crippen LogP contribution in [0.3, 0.4) is 0 Å². The number of piperidine rings is 1. The topological polar surface area (TPSA) is 74.2 Å². The third kappa shape index (κ3) is 5.74. The summed E-state index contributed by atoms with van der Waals surface area (Å²) in [7, 11) is 0. The molecule has 3 rings (SSSR count). The quantitative estimate of drug-likeness (QED) is 0.422. The minimum Gasteiger partial charge on any atom is -0.466 e. The van der Waals surface area contributed by atoms with E-state index in [1.165, 1.54) is 0 Å². The Morgan fingerprint density at radius 1 is 1.20 bits per heavy atom. The zero-order chi connectivity index (χ0) is 21.3. The molecular formula is C23H34N4O3. The Kier molecular flexibility index (Phi) is 8.11. The number of likely N-dealkylation sites (tertiary alicyclic amines) is 2. The Hall–Kier alpha value is -2.57. The highest BCUT2D eigenvalue weighted by Gasteiger charge is 2.28. The molecule has 0 radical (unpaired) electrons. The highest BCUT2D eigenvalue weighted by atomic mass is 16.5. The van der Waals surface area contributed by atoms with Gasteiger partial charge in [0.25, 0.3) is 0 Å². The lowest BCUT2D eigenvalue weighted by atomic mass is 9.98. The molecule has 30 heavy (non-hydrogen) atoms. The van der Waals surface area contributed by atoms with Gasteiger partial charge in [0.1, 0.15) is 0 Å². The van der Waals surface area contributed by atoms with Crippen molar-refractivity contribution in [2.24, 2.45) is 10.9 Å². The number of ether oxygens (including phenoxy) is 1. The molecule has 7 heteroatoms. The first kappa shape index (κ1) is 22.1. The molecule has 1 unspecified atom stereocenters. The van der Waals surface area contributed by atoms with Gasteiger partial charge in [0, 0.05) is 39.1 Å². The predicted molar refractivity (Wildman–Crippen MR) is 117 cm³/mol. The maximum atomic E-state index is 12.2. The second kappa shape index (κ2) is 11.0. The van der Waals surface area contributed by atoms with Crippen LogP contribution in [-0.4, -0.2) is 60.4 Å². The number of carbonyl (C=O) groups is 2. The molecule has 0 spiro atoms. The lowest BCUT2D eigenvalue weighted by molar-refractivity contribution is -0.149. The van der Waals surface area contributed by atoms with Crippen LogP contribution in [0.5, 0.6) is 0 Å². The van der Waals surface area contributed by atoms with E-state index in [9.17, 15) is 9.59 Å². The van der Waals surface area contributed by atoms with Crippen molar-refractivity contribution in [2.75, 3.05) is 32.8 Å². The Bertz CT molecular complexity index is 765. The molecule has 0 aromatic heterocycles. The van der Waals surface area contributed by atoms with Crippen LogP contribution in [0, 0.1) is 5.92 Å². The fraction of sp³-hybridized carbons (Fsp3) is 0.609. The first-order valence-corrected chi connectivity index (χ1v) is 11.2. The Balaban J connectivity index is 1.70. The van der Waals surface area contributed by atoms with Crippen molar-refractivity contribution in [1.29, 1.82) is 0 Å². The molecule has 0 saturated carbocycles. The minimum atomic E-state index is -0.112. The summed E-state index contributed by atoms with van der Waals surface area (Å²) in [5.74, 6) is 0.855. The van der Waals surface area contributed by atoms with Crippen molar-refractivity contribution in [3.05, 3.63) is 35.4 Å². The molecule has 1 aromatic rings. The molecule has 0 aliphatic carbocycles. The van der Waals surface area contributed by atoms with E-state index in [-0.39, 0.29) is 17.8 Å². The average molecular weight is 415 g/mol. The molecule has 2 aliphatic heterocycles. The van der Waals surface area contributed by atoms with E-state index in [4.69, 9.17) is 9.73 Å². The van der Waals surface area contributed by atoms with Gasteiger partial charge in [-0.3, -0.25) is 9.59 Å². The predicted octanol–water partition coefficient (Wildman–Crippen LogP) is 2.55. The summed E-state index contributed by atoms with van der Waals surface area (Å²) < 4.78 is 5.23. The van der Waals surface area contributed by atoms with Crippen molar-refractivity contribution in [2.45, 2.75) is 52.6 Å². The smallest absolute Gasteiger partial charge is 0.310 e. The average Bonchev–Trinajstić information content (AvgIpc) is 3.16. The molecule has 0 bridgehead atoms. The summed E-state index contributed by atoms with van der Waals surface area (Å²) in [6.07, 6.45) is 3.41. The van der Waals surface area contributed by atoms with Crippen molar-refractivity contribution in [1.82, 2.24) is 15.1 Å². The Labute approximate surface area is 179 Å². The number of hydrogen-bond acceptors (Lipinski definition) is 4. The van der Waals surface area contributed by atoms with E-state index in [0.717, 1.165) is 56.0 Å². The van der Waals surface area contributed by atoms with E-state index < -0.39 is 0 Å². The third-order valence-corrected chi connectivity index (χ3v) is 5.73. The van der Waals surface area contributed by atoms with Gasteiger partial charge in [0.15, 0.2) is 5.96 Å². The summed E-state index contributed by atoms with van der Waals surface area (Å²) in [5.41, 5.74) is 2.28. The van der Waals surface area contributed by atoms with Crippen LogP contribution < -0.4 is 5.32 Å². The van der Waals surface area contributed by atoms with Crippen LogP contribution in [-0.2, 0) is 27.4 Å². The standard InChI is InChI=1S/C23H34N4O3/c1-3-24-23(27-14-7-11-20(17-27)22(29)30-4-2)25-15-18-9-5-6-10-19(18)16-26-13-8-12-21(26)28/h5-6,9-10,20H,3-4,7-8,11-17H2,1-2H3,(H,24,25). The lowest BCUT2D eigenvalue weighted by Crippen LogP contribution is -2.48. The highest BCUT2D eigenvalue weighted by Crippen LogP contribution is 2.20. The monoisotopic (exact) mass is 414 g/mol. The third-order valence-electron chi connectivity index (χ3n) is 5.73. The van der Waals surface area contributed by atoms with Gasteiger partial charge in [0.2, 0.25) is 5.91 Å². The molecule has 2 aliphatic rings. The van der Waals surface area contributed by atoms with Crippen LogP contribution in [0.4, 0.5) is 0 Å². The summed E-state index contributed by atoms with van der Waals surface area (Å²) >= 11 is 0. The van der Waals surface area contributed by atoms with Gasteiger partial charge < -0.3 is 19.9 Å². The molecule has 1 atom stereocenters. The number of nitrogens with one attached hydrogen (secondary N) is 1. The van der Waals surface area contributed by atoms with Crippen LogP contribution in [0.2, 0.25) is 0 Å². The Morgan fingerprint density at radius 2 is 2.00 bits per heavy atom. The largest absolute Gasteiger partial charge is 0.466 e. The fourth-order valence-corrected chi connectivity index (χ4v) is 4.15. The molecule has 2 saturated heterocycles. The van der Waals surface area contributed by atoms with Gasteiger partial charge in [-0.25, -0.2) is 4.99 Å². The van der Waals surface area contributed by atoms with E-state index in [1.54, 1.807) is 0 Å². The number of amides is 1. The van der Waals surface area contributed by atoms with Crippen LogP contribution in [0.25, 0.3) is 0 Å². The van der Waals surface area contributed by atoms with Crippen LogP contribution in [0.1, 0.15) is 50.7 Å². The zero-order valence-corrected chi connectivity index (χ0v) is 18.2. The van der Waals surface area contributed by atoms with E-state index in [0.29, 0.717) is 32.7 Å². The fourth-order valence-electron chi connectivity index (χ4n) is 4.15. The normalized spacial score (nSPS) is 19.9. The number of nitrogens with zero attached hydrogens (tertiary/aromatic N) is 3. The summed E-state index contributed by atoms with van der Waals surface area (Å²) in [6, 6.07) is 8.20. The van der Waals surface area contributed by atoms with Gasteiger partial charge >= 0.3 is 5.97 Å². The summed E-state index contributed by atoms with van der Waals surface area (Å²) in [5, 5.41) is 3.37. The van der Waals surface area contributed by atoms with E-state index in [1.807, 2.05) is 24.0 Å². The summed E-state index contributed by atoms with van der Waals surface area (Å²) in [6.45, 7) is 8.62. The van der Waals surface area contributed by atoms with Crippen LogP contribution >= 0.6 is 0 Å². The number of carbonyl (C=O) groups excluding carboxylic acids is 2. The lowest BCUT2D eigenvalue weighted by Gasteiger charge is -2.34. The molecule has 2 fully saturated rings. The van der Waals surface area contributed by atoms with Crippen LogP contribution in [0.15, 0.2) is 29.3 Å². The second-order valence-corrected chi connectivity index (χ2v) is 7.89. The molecule has 7 nitrogen and oxygen atoms in total. The molecule has 1 amide bonds. The number of aliphatic imine (C=N–C) groups is 1. The van der Waals surface area contributed by atoms with E-state index >= 15 is 0 Å². The molecule has 1 aromatic carbocycles. The maximum absolute atomic E-state index is 12.2. The molecule has 164 valence electrons. The Morgan fingerprint density at radius 3 is 2.70 bits per heavy atom. The van der Waals surface area contributed by atoms with Crippen molar-refractivity contribution in [3.8, 4) is 0 Å². The van der Waals surface area contributed by atoms with Gasteiger partial charge in [-0.15, -0.1) is 0 Å². The highest BCUT2D eigenvalue weighted by molar-refractivity contribution is 5.81. The van der Waals surface area contributed by atoms with Crippen molar-refractivity contribution >= 4 is 17.8 Å². The number of hydrogen-bond donors (Lipinski definition) is 1. The number of rotatable bonds is 7. The molecule has 2 heterocycles. The van der Waals surface area contributed by atoms with Gasteiger partial charge in [0.05, 0.1) is 19.1 Å². The molecular weight excluding hydrogens is 380 g/mol. The first-order chi connectivity index (χ1) is 14.6.